The molecule has 1 N–H and O–H groups in total. The van der Waals surface area contributed by atoms with E-state index in [1.807, 2.05) is 33.0 Å². The van der Waals surface area contributed by atoms with Crippen LogP contribution in [-0.2, 0) is 11.2 Å². The van der Waals surface area contributed by atoms with Crippen molar-refractivity contribution in [2.45, 2.75) is 59.8 Å². The molecule has 8 heteroatoms. The molecule has 1 aliphatic carbocycles. The van der Waals surface area contributed by atoms with Gasteiger partial charge in [-0.2, -0.15) is 4.99 Å². The van der Waals surface area contributed by atoms with Crippen LogP contribution in [-0.4, -0.2) is 35.0 Å². The van der Waals surface area contributed by atoms with Gasteiger partial charge < -0.3 is 9.72 Å². The first-order chi connectivity index (χ1) is 17.8. The summed E-state index contributed by atoms with van der Waals surface area (Å²) in [5, 5.41) is 16.1. The fourth-order valence-electron chi connectivity index (χ4n) is 5.44. The lowest BCUT2D eigenvalue weighted by molar-refractivity contribution is -0.736. The minimum Gasteiger partial charge on any atom is -0.502 e. The summed E-state index contributed by atoms with van der Waals surface area (Å²) < 4.78 is 19.2. The van der Waals surface area contributed by atoms with Crippen molar-refractivity contribution in [1.29, 1.82) is 0 Å². The molecular weight excluding hydrogens is 467 g/mol. The number of fused-ring (bicyclic) bond motifs is 4. The van der Waals surface area contributed by atoms with Gasteiger partial charge in [-0.1, -0.05) is 45.0 Å². The molecule has 2 aliphatic heterocycles. The zero-order valence-corrected chi connectivity index (χ0v) is 22.4. The number of allylic oxidation sites excluding steroid dienone is 5. The van der Waals surface area contributed by atoms with E-state index in [1.54, 1.807) is 18.4 Å². The second kappa shape index (κ2) is 10.2. The summed E-state index contributed by atoms with van der Waals surface area (Å²) in [6.07, 6.45) is 13.8. The number of quaternary nitrogens is 1. The summed E-state index contributed by atoms with van der Waals surface area (Å²) in [6, 6.07) is 2.29. The summed E-state index contributed by atoms with van der Waals surface area (Å²) in [7, 11) is 1.99. The lowest BCUT2D eigenvalue weighted by Crippen LogP contribution is -2.53. The standard InChI is InChI=1S/C29H36FN6O/c1-6-13-37-14-9-7-8-10-22-15-19(3)26-25(20(22)4)27-28(31-26)32-29-34-33-24(36(29,5)35-27)17-21-11-12-23(30)16-18(21)2/h6,11-13,15-16,18,21H,7-10,14,17H2,1-5H3,(H,31,32,34)/q+1/b13-6-. The van der Waals surface area contributed by atoms with Gasteiger partial charge in [0.25, 0.3) is 5.84 Å². The van der Waals surface area contributed by atoms with E-state index in [4.69, 9.17) is 14.8 Å². The highest BCUT2D eigenvalue weighted by molar-refractivity contribution is 5.94. The average Bonchev–Trinajstić information content (AvgIpc) is 3.38. The van der Waals surface area contributed by atoms with E-state index in [2.05, 4.69) is 35.1 Å². The molecule has 0 spiro atoms. The van der Waals surface area contributed by atoms with Crippen LogP contribution in [0.25, 0.3) is 10.9 Å². The normalized spacial score (nSPS) is 24.3. The summed E-state index contributed by atoms with van der Waals surface area (Å²) in [5.74, 6) is 1.41. The Bertz CT molecular complexity index is 1490. The number of halogens is 1. The molecule has 3 aliphatic rings. The van der Waals surface area contributed by atoms with Crippen molar-refractivity contribution >= 4 is 22.7 Å². The van der Waals surface area contributed by atoms with Crippen molar-refractivity contribution in [3.05, 3.63) is 70.0 Å². The number of benzene rings is 1. The molecule has 1 aromatic carbocycles. The predicted octanol–water partition coefficient (Wildman–Crippen LogP) is 5.41. The van der Waals surface area contributed by atoms with Crippen LogP contribution in [0.3, 0.4) is 0 Å². The highest BCUT2D eigenvalue weighted by Crippen LogP contribution is 2.31. The molecule has 0 saturated heterocycles. The second-order valence-electron chi connectivity index (χ2n) is 10.4. The van der Waals surface area contributed by atoms with Gasteiger partial charge in [-0.05, 0) is 87.1 Å². The maximum absolute atomic E-state index is 13.7. The molecule has 2 aromatic rings. The van der Waals surface area contributed by atoms with Gasteiger partial charge in [0.1, 0.15) is 12.9 Å². The number of ether oxygens (including phenoxy) is 1. The van der Waals surface area contributed by atoms with E-state index in [0.29, 0.717) is 12.4 Å². The number of nitrogens with zero attached hydrogens (tertiary/aromatic N) is 5. The molecule has 1 aromatic heterocycles. The topological polar surface area (TPSA) is 74.5 Å². The van der Waals surface area contributed by atoms with Crippen LogP contribution in [0, 0.1) is 25.7 Å². The molecule has 3 heterocycles. The maximum Gasteiger partial charge on any atom is 0.383 e. The quantitative estimate of drug-likeness (QED) is 0.277. The van der Waals surface area contributed by atoms with Crippen molar-refractivity contribution in [2.75, 3.05) is 13.7 Å². The van der Waals surface area contributed by atoms with E-state index in [9.17, 15) is 4.39 Å². The van der Waals surface area contributed by atoms with Gasteiger partial charge >= 0.3 is 5.96 Å². The first-order valence-corrected chi connectivity index (χ1v) is 13.2. The van der Waals surface area contributed by atoms with E-state index in [-0.39, 0.29) is 22.3 Å². The maximum atomic E-state index is 13.7. The number of nitrogens with one attached hydrogen (secondary N) is 1. The summed E-state index contributed by atoms with van der Waals surface area (Å²) in [4.78, 5) is 8.36. The molecular formula is C29H36FN6O+. The van der Waals surface area contributed by atoms with Gasteiger partial charge in [0, 0.05) is 5.39 Å². The van der Waals surface area contributed by atoms with Gasteiger partial charge in [-0.25, -0.2) is 4.39 Å². The van der Waals surface area contributed by atoms with E-state index < -0.39 is 0 Å². The lowest BCUT2D eigenvalue weighted by Gasteiger charge is -2.26. The number of hydrogen-bond donors (Lipinski definition) is 1. The predicted molar refractivity (Wildman–Crippen MR) is 145 cm³/mol. The molecule has 194 valence electrons. The molecule has 7 nitrogen and oxygen atoms in total. The zero-order chi connectivity index (χ0) is 26.2. The lowest BCUT2D eigenvalue weighted by atomic mass is 9.86. The van der Waals surface area contributed by atoms with Crippen molar-refractivity contribution < 1.29 is 13.7 Å². The number of H-pyrrole nitrogens is 1. The fraction of sp³-hybridized carbons (Fsp3) is 0.448. The van der Waals surface area contributed by atoms with E-state index in [0.717, 1.165) is 59.9 Å². The number of amidine groups is 1. The van der Waals surface area contributed by atoms with Crippen LogP contribution in [0.5, 0.6) is 0 Å². The Hall–Kier alpha value is -3.39. The molecule has 0 fully saturated rings. The first-order valence-electron chi connectivity index (χ1n) is 13.2. The number of rotatable bonds is 9. The van der Waals surface area contributed by atoms with Crippen molar-refractivity contribution in [3.63, 3.8) is 0 Å². The van der Waals surface area contributed by atoms with E-state index in [1.165, 1.54) is 16.7 Å². The van der Waals surface area contributed by atoms with Gasteiger partial charge in [0.15, 0.2) is 10.8 Å². The number of aromatic amines is 1. The van der Waals surface area contributed by atoms with Crippen LogP contribution < -0.4 is 10.8 Å². The number of aryl methyl sites for hydroxylation is 3. The first kappa shape index (κ1) is 25.3. The number of hydrogen-bond acceptors (Lipinski definition) is 5. The molecule has 0 saturated carbocycles. The van der Waals surface area contributed by atoms with Crippen molar-refractivity contribution in [1.82, 2.24) is 4.98 Å². The van der Waals surface area contributed by atoms with Gasteiger partial charge in [0.2, 0.25) is 0 Å². The smallest absolute Gasteiger partial charge is 0.383 e. The van der Waals surface area contributed by atoms with Gasteiger partial charge in [0.05, 0.1) is 24.8 Å². The SMILES string of the molecule is C/C=C\OCCCCCc1cc(C)c2[nH]c3c(c2c1C)=N[N+]1(C)C(CC2C=CC(F)=CC2C)=NN=C1N=3. The number of aromatic nitrogens is 1. The Labute approximate surface area is 217 Å². The minimum absolute atomic E-state index is 0.0795. The Morgan fingerprint density at radius 3 is 2.81 bits per heavy atom. The largest absolute Gasteiger partial charge is 0.502 e. The Balaban J connectivity index is 1.43. The van der Waals surface area contributed by atoms with Crippen LogP contribution >= 0.6 is 0 Å². The fourth-order valence-corrected chi connectivity index (χ4v) is 5.44. The Morgan fingerprint density at radius 2 is 2.03 bits per heavy atom. The van der Waals surface area contributed by atoms with Crippen LogP contribution in [0.1, 0.15) is 56.2 Å². The molecule has 37 heavy (non-hydrogen) atoms. The monoisotopic (exact) mass is 503 g/mol. The number of unbranched alkanes of at least 4 members (excludes halogenated alkanes) is 2. The third kappa shape index (κ3) is 4.70. The Morgan fingerprint density at radius 1 is 1.19 bits per heavy atom. The highest BCUT2D eigenvalue weighted by Gasteiger charge is 2.45. The molecule has 0 radical (unpaired) electrons. The van der Waals surface area contributed by atoms with Crippen molar-refractivity contribution in [3.8, 4) is 0 Å². The van der Waals surface area contributed by atoms with Crippen LogP contribution in [0.2, 0.25) is 0 Å². The average molecular weight is 504 g/mol. The van der Waals surface area contributed by atoms with E-state index >= 15 is 0 Å². The summed E-state index contributed by atoms with van der Waals surface area (Å²) in [5.41, 5.74) is 5.61. The number of guanidine groups is 1. The third-order valence-electron chi connectivity index (χ3n) is 7.71. The second-order valence-corrected chi connectivity index (χ2v) is 10.4. The van der Waals surface area contributed by atoms with Gasteiger partial charge in [-0.3, -0.25) is 0 Å². The summed E-state index contributed by atoms with van der Waals surface area (Å²) >= 11 is 0. The van der Waals surface area contributed by atoms with Crippen LogP contribution in [0.4, 0.5) is 4.39 Å². The molecule has 5 rings (SSSR count). The molecule has 3 unspecified atom stereocenters. The zero-order valence-electron chi connectivity index (χ0n) is 22.4. The highest BCUT2D eigenvalue weighted by atomic mass is 19.1. The minimum atomic E-state index is -0.181. The van der Waals surface area contributed by atoms with Crippen molar-refractivity contribution in [2.24, 2.45) is 32.1 Å². The van der Waals surface area contributed by atoms with Crippen LogP contribution in [0.15, 0.2) is 62.8 Å². The molecule has 0 amide bonds. The molecule has 0 bridgehead atoms. The molecule has 3 atom stereocenters. The third-order valence-corrected chi connectivity index (χ3v) is 7.71. The van der Waals surface area contributed by atoms with Gasteiger partial charge in [-0.15, -0.1) is 0 Å². The Kier molecular flexibility index (Phi) is 6.94. The summed E-state index contributed by atoms with van der Waals surface area (Å²) in [6.45, 7) is 9.08.